The molecule has 7 heteroatoms. The van der Waals surface area contributed by atoms with E-state index in [0.29, 0.717) is 24.9 Å². The summed E-state index contributed by atoms with van der Waals surface area (Å²) in [5.74, 6) is 1.70. The van der Waals surface area contributed by atoms with E-state index in [9.17, 15) is 4.79 Å². The van der Waals surface area contributed by atoms with Gasteiger partial charge in [-0.15, -0.1) is 10.2 Å². The largest absolute Gasteiger partial charge is 0.424 e. The monoisotopic (exact) mass is 308 g/mol. The molecule has 2 fully saturated rings. The third-order valence-electron chi connectivity index (χ3n) is 4.56. The first-order valence-electron chi connectivity index (χ1n) is 7.90. The molecule has 0 N–H and O–H groups in total. The lowest BCUT2D eigenvalue weighted by molar-refractivity contribution is -0.169. The maximum atomic E-state index is 11.5. The molecule has 7 nitrogen and oxygen atoms in total. The second-order valence-electron chi connectivity index (χ2n) is 6.69. The van der Waals surface area contributed by atoms with E-state index in [-0.39, 0.29) is 24.0 Å². The number of hydrogen-bond donors (Lipinski definition) is 0. The summed E-state index contributed by atoms with van der Waals surface area (Å²) in [6.07, 6.45) is 1.85. The van der Waals surface area contributed by atoms with Crippen LogP contribution in [0.5, 0.6) is 0 Å². The van der Waals surface area contributed by atoms with Gasteiger partial charge in [-0.25, -0.2) is 0 Å². The summed E-state index contributed by atoms with van der Waals surface area (Å²) >= 11 is 0. The number of likely N-dealkylation sites (N-methyl/N-ethyl adjacent to an activating group) is 1. The fourth-order valence-corrected chi connectivity index (χ4v) is 3.07. The Kier molecular flexibility index (Phi) is 4.18. The maximum absolute atomic E-state index is 11.5. The van der Waals surface area contributed by atoms with Crippen LogP contribution in [0.15, 0.2) is 4.42 Å². The number of amides is 1. The summed E-state index contributed by atoms with van der Waals surface area (Å²) in [6.45, 7) is 7.50. The van der Waals surface area contributed by atoms with Crippen molar-refractivity contribution in [1.82, 2.24) is 20.0 Å². The van der Waals surface area contributed by atoms with E-state index in [1.807, 2.05) is 20.9 Å². The lowest BCUT2D eigenvalue weighted by Crippen LogP contribution is -2.57. The van der Waals surface area contributed by atoms with E-state index in [4.69, 9.17) is 9.15 Å². The molecule has 0 unspecified atom stereocenters. The lowest BCUT2D eigenvalue weighted by atomic mass is 9.89. The molecule has 122 valence electrons. The minimum absolute atomic E-state index is 0.0696. The zero-order valence-electron chi connectivity index (χ0n) is 13.5. The summed E-state index contributed by atoms with van der Waals surface area (Å²) in [7, 11) is 1.85. The van der Waals surface area contributed by atoms with Crippen LogP contribution in [0.25, 0.3) is 0 Å². The molecule has 0 aromatic carbocycles. The first kappa shape index (κ1) is 15.4. The molecule has 1 aromatic rings. The van der Waals surface area contributed by atoms with Crippen molar-refractivity contribution < 1.29 is 13.9 Å². The Labute approximate surface area is 130 Å². The number of carbonyl (C=O) groups excluding carboxylic acids is 1. The highest BCUT2D eigenvalue weighted by Crippen LogP contribution is 2.30. The molecule has 1 spiro atoms. The number of piperidine rings is 1. The first-order chi connectivity index (χ1) is 10.5. The Balaban J connectivity index is 1.54. The zero-order valence-corrected chi connectivity index (χ0v) is 13.5. The number of rotatable bonds is 3. The van der Waals surface area contributed by atoms with Crippen LogP contribution in [0.3, 0.4) is 0 Å². The highest BCUT2D eigenvalue weighted by molar-refractivity contribution is 5.78. The van der Waals surface area contributed by atoms with Gasteiger partial charge in [0.2, 0.25) is 17.7 Å². The van der Waals surface area contributed by atoms with Gasteiger partial charge in [-0.05, 0) is 12.8 Å². The van der Waals surface area contributed by atoms with Gasteiger partial charge in [0.25, 0.3) is 0 Å². The average Bonchev–Trinajstić information content (AvgIpc) is 2.95. The molecule has 2 saturated heterocycles. The summed E-state index contributed by atoms with van der Waals surface area (Å²) in [6, 6.07) is 0. The molecule has 1 amide bonds. The SMILES string of the molecule is CC(C)c1nnc(CN2CCC3(CC2)CN(C)C(=O)CO3)o1. The van der Waals surface area contributed by atoms with Gasteiger partial charge in [0.1, 0.15) is 6.61 Å². The van der Waals surface area contributed by atoms with Crippen molar-refractivity contribution in [2.45, 2.75) is 44.8 Å². The van der Waals surface area contributed by atoms with Gasteiger partial charge in [-0.1, -0.05) is 13.8 Å². The topological polar surface area (TPSA) is 71.7 Å². The molecule has 22 heavy (non-hydrogen) atoms. The van der Waals surface area contributed by atoms with E-state index in [1.54, 1.807) is 4.90 Å². The van der Waals surface area contributed by atoms with Crippen LogP contribution in [0.2, 0.25) is 0 Å². The fourth-order valence-electron chi connectivity index (χ4n) is 3.07. The van der Waals surface area contributed by atoms with Crippen LogP contribution in [-0.4, -0.2) is 64.8 Å². The third-order valence-corrected chi connectivity index (χ3v) is 4.56. The minimum atomic E-state index is -0.170. The Morgan fingerprint density at radius 3 is 2.59 bits per heavy atom. The van der Waals surface area contributed by atoms with Crippen molar-refractivity contribution in [3.63, 3.8) is 0 Å². The molecule has 1 aromatic heterocycles. The molecule has 0 bridgehead atoms. The predicted molar refractivity (Wildman–Crippen MR) is 79.2 cm³/mol. The van der Waals surface area contributed by atoms with Crippen molar-refractivity contribution in [3.8, 4) is 0 Å². The standard InChI is InChI=1S/C15H24N4O3/c1-11(2)14-17-16-12(22-14)8-19-6-4-15(5-7-19)10-18(3)13(20)9-21-15/h11H,4-10H2,1-3H3. The number of ether oxygens (including phenoxy) is 1. The smallest absolute Gasteiger partial charge is 0.248 e. The van der Waals surface area contributed by atoms with Gasteiger partial charge in [-0.3, -0.25) is 9.69 Å². The van der Waals surface area contributed by atoms with Crippen LogP contribution in [0.4, 0.5) is 0 Å². The van der Waals surface area contributed by atoms with Crippen LogP contribution in [0, 0.1) is 0 Å². The van der Waals surface area contributed by atoms with Crippen molar-refractivity contribution in [2.75, 3.05) is 33.3 Å². The molecule has 0 aliphatic carbocycles. The molecule has 0 atom stereocenters. The van der Waals surface area contributed by atoms with Crippen molar-refractivity contribution in [3.05, 3.63) is 11.8 Å². The van der Waals surface area contributed by atoms with Crippen molar-refractivity contribution >= 4 is 5.91 Å². The van der Waals surface area contributed by atoms with Crippen LogP contribution in [-0.2, 0) is 16.1 Å². The molecular weight excluding hydrogens is 284 g/mol. The van der Waals surface area contributed by atoms with Gasteiger partial charge in [0.05, 0.1) is 12.1 Å². The molecule has 2 aliphatic rings. The van der Waals surface area contributed by atoms with Crippen molar-refractivity contribution in [1.29, 1.82) is 0 Å². The van der Waals surface area contributed by atoms with Crippen LogP contribution in [0.1, 0.15) is 44.4 Å². The summed E-state index contributed by atoms with van der Waals surface area (Å²) in [5, 5.41) is 8.19. The Hall–Kier alpha value is -1.47. The molecular formula is C15H24N4O3. The normalized spacial score (nSPS) is 22.7. The Morgan fingerprint density at radius 1 is 1.27 bits per heavy atom. The van der Waals surface area contributed by atoms with E-state index in [0.717, 1.165) is 25.9 Å². The highest BCUT2D eigenvalue weighted by Gasteiger charge is 2.41. The predicted octanol–water partition coefficient (Wildman–Crippen LogP) is 1.02. The van der Waals surface area contributed by atoms with E-state index in [2.05, 4.69) is 15.1 Å². The second-order valence-corrected chi connectivity index (χ2v) is 6.69. The fraction of sp³-hybridized carbons (Fsp3) is 0.800. The number of nitrogens with zero attached hydrogens (tertiary/aromatic N) is 4. The van der Waals surface area contributed by atoms with Gasteiger partial charge in [0.15, 0.2) is 0 Å². The number of likely N-dealkylation sites (tertiary alicyclic amines) is 1. The lowest BCUT2D eigenvalue weighted by Gasteiger charge is -2.45. The molecule has 2 aliphatic heterocycles. The highest BCUT2D eigenvalue weighted by atomic mass is 16.5. The molecule has 3 heterocycles. The summed E-state index contributed by atoms with van der Waals surface area (Å²) in [5.41, 5.74) is -0.170. The Morgan fingerprint density at radius 2 is 2.00 bits per heavy atom. The van der Waals surface area contributed by atoms with Gasteiger partial charge in [0, 0.05) is 32.6 Å². The van der Waals surface area contributed by atoms with E-state index < -0.39 is 0 Å². The number of aromatic nitrogens is 2. The van der Waals surface area contributed by atoms with Crippen LogP contribution < -0.4 is 0 Å². The molecule has 0 saturated carbocycles. The second kappa shape index (κ2) is 5.96. The van der Waals surface area contributed by atoms with Gasteiger partial charge >= 0.3 is 0 Å². The van der Waals surface area contributed by atoms with Gasteiger partial charge < -0.3 is 14.1 Å². The van der Waals surface area contributed by atoms with E-state index >= 15 is 0 Å². The zero-order chi connectivity index (χ0) is 15.7. The number of hydrogen-bond acceptors (Lipinski definition) is 6. The molecule has 3 rings (SSSR count). The maximum Gasteiger partial charge on any atom is 0.248 e. The van der Waals surface area contributed by atoms with Crippen molar-refractivity contribution in [2.24, 2.45) is 0 Å². The first-order valence-corrected chi connectivity index (χ1v) is 7.90. The molecule has 0 radical (unpaired) electrons. The Bertz CT molecular complexity index is 535. The summed E-state index contributed by atoms with van der Waals surface area (Å²) in [4.78, 5) is 15.6. The number of morpholine rings is 1. The minimum Gasteiger partial charge on any atom is -0.424 e. The number of carbonyl (C=O) groups is 1. The summed E-state index contributed by atoms with van der Waals surface area (Å²) < 4.78 is 11.5. The quantitative estimate of drug-likeness (QED) is 0.830. The average molecular weight is 308 g/mol. The van der Waals surface area contributed by atoms with E-state index in [1.165, 1.54) is 0 Å². The third kappa shape index (κ3) is 3.15. The van der Waals surface area contributed by atoms with Crippen LogP contribution >= 0.6 is 0 Å². The van der Waals surface area contributed by atoms with Gasteiger partial charge in [-0.2, -0.15) is 0 Å².